The van der Waals surface area contributed by atoms with Crippen LogP contribution >= 0.6 is 22.9 Å². The summed E-state index contributed by atoms with van der Waals surface area (Å²) in [7, 11) is 0. The summed E-state index contributed by atoms with van der Waals surface area (Å²) in [6.07, 6.45) is 0. The van der Waals surface area contributed by atoms with Gasteiger partial charge in [-0.1, -0.05) is 17.7 Å². The zero-order valence-electron chi connectivity index (χ0n) is 14.3. The number of amidine groups is 1. The smallest absolute Gasteiger partial charge is 0.139 e. The first-order valence-electron chi connectivity index (χ1n) is 8.20. The molecule has 1 aromatic heterocycles. The number of aromatic nitrogens is 1. The standard InChI is InChI=1S/C20H15ClFN3OS/c1-11-2-5-13(21)8-16(11)25-9-17(26)18(19(25)23)20-24-15(10-27-20)12-3-6-14(22)7-4-12/h2-8,10,23,26H,9H2,1H3. The topological polar surface area (TPSA) is 60.2 Å². The van der Waals surface area contributed by atoms with Gasteiger partial charge in [-0.25, -0.2) is 9.37 Å². The zero-order valence-corrected chi connectivity index (χ0v) is 15.9. The molecule has 2 aromatic carbocycles. The highest BCUT2D eigenvalue weighted by Gasteiger charge is 2.32. The highest BCUT2D eigenvalue weighted by molar-refractivity contribution is 7.11. The van der Waals surface area contributed by atoms with E-state index >= 15 is 0 Å². The Morgan fingerprint density at radius 1 is 1.22 bits per heavy atom. The van der Waals surface area contributed by atoms with E-state index in [4.69, 9.17) is 17.0 Å². The maximum atomic E-state index is 13.1. The van der Waals surface area contributed by atoms with Crippen molar-refractivity contribution in [2.75, 3.05) is 11.4 Å². The van der Waals surface area contributed by atoms with Crippen LogP contribution in [0.4, 0.5) is 10.1 Å². The predicted molar refractivity (Wildman–Crippen MR) is 108 cm³/mol. The number of rotatable bonds is 3. The van der Waals surface area contributed by atoms with Crippen molar-refractivity contribution in [1.82, 2.24) is 4.98 Å². The zero-order chi connectivity index (χ0) is 19.1. The van der Waals surface area contributed by atoms with Crippen LogP contribution in [0.3, 0.4) is 0 Å². The molecule has 0 saturated carbocycles. The third-order valence-electron chi connectivity index (χ3n) is 4.42. The van der Waals surface area contributed by atoms with Crippen LogP contribution in [-0.2, 0) is 0 Å². The molecule has 0 spiro atoms. The third-order valence-corrected chi connectivity index (χ3v) is 5.52. The molecule has 0 aliphatic carbocycles. The van der Waals surface area contributed by atoms with E-state index < -0.39 is 0 Å². The number of nitrogens with zero attached hydrogens (tertiary/aromatic N) is 2. The van der Waals surface area contributed by atoms with E-state index in [-0.39, 0.29) is 24.0 Å². The maximum Gasteiger partial charge on any atom is 0.139 e. The van der Waals surface area contributed by atoms with Gasteiger partial charge in [0, 0.05) is 21.7 Å². The molecule has 0 bridgehead atoms. The van der Waals surface area contributed by atoms with Crippen molar-refractivity contribution in [3.05, 3.63) is 75.0 Å². The summed E-state index contributed by atoms with van der Waals surface area (Å²) >= 11 is 7.45. The number of anilines is 1. The van der Waals surface area contributed by atoms with Gasteiger partial charge in [-0.05, 0) is 48.9 Å². The number of nitrogens with one attached hydrogen (secondary N) is 1. The molecule has 1 aliphatic rings. The highest BCUT2D eigenvalue weighted by Crippen LogP contribution is 2.36. The summed E-state index contributed by atoms with van der Waals surface area (Å²) in [5, 5.41) is 22.0. The largest absolute Gasteiger partial charge is 0.510 e. The van der Waals surface area contributed by atoms with Gasteiger partial charge in [0.05, 0.1) is 17.8 Å². The molecule has 0 radical (unpaired) electrons. The van der Waals surface area contributed by atoms with Gasteiger partial charge in [0.15, 0.2) is 0 Å². The quantitative estimate of drug-likeness (QED) is 0.595. The van der Waals surface area contributed by atoms with Gasteiger partial charge in [-0.2, -0.15) is 0 Å². The van der Waals surface area contributed by atoms with E-state index in [0.29, 0.717) is 21.3 Å². The lowest BCUT2D eigenvalue weighted by Crippen LogP contribution is -2.26. The van der Waals surface area contributed by atoms with E-state index in [2.05, 4.69) is 4.98 Å². The molecular weight excluding hydrogens is 385 g/mol. The fourth-order valence-corrected chi connectivity index (χ4v) is 4.09. The van der Waals surface area contributed by atoms with E-state index in [1.165, 1.54) is 23.5 Å². The van der Waals surface area contributed by atoms with Crippen molar-refractivity contribution in [2.24, 2.45) is 0 Å². The lowest BCUT2D eigenvalue weighted by Gasteiger charge is -2.21. The predicted octanol–water partition coefficient (Wildman–Crippen LogP) is 5.68. The molecule has 7 heteroatoms. The monoisotopic (exact) mass is 399 g/mol. The van der Waals surface area contributed by atoms with Crippen LogP contribution < -0.4 is 4.90 Å². The molecule has 136 valence electrons. The Kier molecular flexibility index (Phi) is 4.45. The first kappa shape index (κ1) is 17.7. The Hall–Kier alpha value is -2.70. The average molecular weight is 400 g/mol. The van der Waals surface area contributed by atoms with Crippen LogP contribution in [-0.4, -0.2) is 22.5 Å². The van der Waals surface area contributed by atoms with E-state index in [0.717, 1.165) is 16.8 Å². The molecule has 27 heavy (non-hydrogen) atoms. The van der Waals surface area contributed by atoms with Crippen LogP contribution in [0.15, 0.2) is 53.6 Å². The minimum atomic E-state index is -0.306. The molecule has 2 N–H and O–H groups in total. The van der Waals surface area contributed by atoms with Gasteiger partial charge in [0.1, 0.15) is 22.4 Å². The summed E-state index contributed by atoms with van der Waals surface area (Å²) in [6, 6.07) is 11.5. The summed E-state index contributed by atoms with van der Waals surface area (Å²) in [6.45, 7) is 2.13. The van der Waals surface area contributed by atoms with Gasteiger partial charge < -0.3 is 10.0 Å². The van der Waals surface area contributed by atoms with E-state index in [9.17, 15) is 9.50 Å². The van der Waals surface area contributed by atoms with Crippen LogP contribution in [0.2, 0.25) is 5.02 Å². The number of aryl methyl sites for hydroxylation is 1. The number of aliphatic hydroxyl groups is 1. The molecule has 0 amide bonds. The molecule has 0 atom stereocenters. The van der Waals surface area contributed by atoms with Crippen molar-refractivity contribution < 1.29 is 9.50 Å². The number of aliphatic hydroxyl groups excluding tert-OH is 1. The van der Waals surface area contributed by atoms with Crippen molar-refractivity contribution >= 4 is 40.0 Å². The van der Waals surface area contributed by atoms with Gasteiger partial charge in [-0.3, -0.25) is 5.41 Å². The fourth-order valence-electron chi connectivity index (χ4n) is 3.03. The minimum Gasteiger partial charge on any atom is -0.510 e. The molecule has 4 nitrogen and oxygen atoms in total. The fraction of sp³-hybridized carbons (Fsp3) is 0.100. The summed E-state index contributed by atoms with van der Waals surface area (Å²) in [5.41, 5.74) is 3.62. The normalized spacial score (nSPS) is 14.3. The second kappa shape index (κ2) is 6.79. The van der Waals surface area contributed by atoms with Gasteiger partial charge in [0.2, 0.25) is 0 Å². The molecule has 1 aliphatic heterocycles. The Bertz CT molecular complexity index is 1080. The number of hydrogen-bond acceptors (Lipinski definition) is 4. The SMILES string of the molecule is Cc1ccc(Cl)cc1N1CC(O)=C(c2nc(-c3ccc(F)cc3)cs2)C1=N. The van der Waals surface area contributed by atoms with Crippen molar-refractivity contribution in [3.63, 3.8) is 0 Å². The van der Waals surface area contributed by atoms with Crippen LogP contribution in [0.25, 0.3) is 16.8 Å². The number of hydrogen-bond donors (Lipinski definition) is 2. The first-order chi connectivity index (χ1) is 12.9. The molecular formula is C20H15ClFN3OS. The Morgan fingerprint density at radius 3 is 2.70 bits per heavy atom. The Labute approximate surface area is 164 Å². The Balaban J connectivity index is 1.67. The molecule has 0 unspecified atom stereocenters. The first-order valence-corrected chi connectivity index (χ1v) is 9.46. The minimum absolute atomic E-state index is 0.0966. The molecule has 0 saturated heterocycles. The van der Waals surface area contributed by atoms with Crippen LogP contribution in [0, 0.1) is 18.2 Å². The maximum absolute atomic E-state index is 13.1. The molecule has 4 rings (SSSR count). The highest BCUT2D eigenvalue weighted by atomic mass is 35.5. The summed E-state index contributed by atoms with van der Waals surface area (Å²) in [5.74, 6) is -0.0306. The van der Waals surface area contributed by atoms with Crippen molar-refractivity contribution in [1.29, 1.82) is 5.41 Å². The second-order valence-electron chi connectivity index (χ2n) is 6.23. The van der Waals surface area contributed by atoms with Gasteiger partial charge >= 0.3 is 0 Å². The van der Waals surface area contributed by atoms with Crippen LogP contribution in [0.1, 0.15) is 10.6 Å². The molecule has 2 heterocycles. The second-order valence-corrected chi connectivity index (χ2v) is 7.53. The van der Waals surface area contributed by atoms with E-state index in [1.54, 1.807) is 29.2 Å². The van der Waals surface area contributed by atoms with Crippen molar-refractivity contribution in [2.45, 2.75) is 6.92 Å². The molecule has 3 aromatic rings. The Morgan fingerprint density at radius 2 is 1.96 bits per heavy atom. The van der Waals surface area contributed by atoms with Crippen molar-refractivity contribution in [3.8, 4) is 11.3 Å². The lowest BCUT2D eigenvalue weighted by atomic mass is 10.1. The molecule has 0 fully saturated rings. The van der Waals surface area contributed by atoms with Crippen LogP contribution in [0.5, 0.6) is 0 Å². The van der Waals surface area contributed by atoms with E-state index in [1.807, 2.05) is 18.4 Å². The summed E-state index contributed by atoms with van der Waals surface area (Å²) < 4.78 is 13.1. The summed E-state index contributed by atoms with van der Waals surface area (Å²) in [4.78, 5) is 6.26. The third kappa shape index (κ3) is 3.22. The number of halogens is 2. The lowest BCUT2D eigenvalue weighted by molar-refractivity contribution is 0.411. The van der Waals surface area contributed by atoms with Gasteiger partial charge in [0.25, 0.3) is 0 Å². The average Bonchev–Trinajstić information content (AvgIpc) is 3.22. The van der Waals surface area contributed by atoms with Gasteiger partial charge in [-0.15, -0.1) is 11.3 Å². The number of thiazole rings is 1. The number of benzene rings is 2.